The molecule has 0 radical (unpaired) electrons. The Morgan fingerprint density at radius 3 is 2.57 bits per heavy atom. The maximum Gasteiger partial charge on any atom is 0.274 e. The van der Waals surface area contributed by atoms with Gasteiger partial charge in [-0.1, -0.05) is 12.1 Å². The Hall–Kier alpha value is -2.68. The molecule has 1 fully saturated rings. The lowest BCUT2D eigenvalue weighted by Crippen LogP contribution is -2.45. The van der Waals surface area contributed by atoms with Gasteiger partial charge in [0.2, 0.25) is 0 Å². The Morgan fingerprint density at radius 1 is 1.13 bits per heavy atom. The van der Waals surface area contributed by atoms with Crippen LogP contribution in [-0.4, -0.2) is 77.3 Å². The molecule has 0 unspecified atom stereocenters. The van der Waals surface area contributed by atoms with Crippen LogP contribution in [0.25, 0.3) is 0 Å². The number of benzene rings is 1. The second-order valence-electron chi connectivity index (χ2n) is 7.90. The summed E-state index contributed by atoms with van der Waals surface area (Å²) in [6.07, 6.45) is 2.88. The van der Waals surface area contributed by atoms with Gasteiger partial charge in [-0.05, 0) is 30.2 Å². The SMILES string of the molecule is Cc1cn(Cc2ccc(C(=O)NO)cc2)c2c1C(=O)N(CCN1CCOCC1)CC2. The van der Waals surface area contributed by atoms with Crippen molar-refractivity contribution < 1.29 is 19.5 Å². The van der Waals surface area contributed by atoms with E-state index in [0.717, 1.165) is 74.7 Å². The Labute approximate surface area is 176 Å². The Balaban J connectivity index is 1.44. The molecule has 2 aliphatic heterocycles. The molecule has 1 aromatic carbocycles. The highest BCUT2D eigenvalue weighted by Crippen LogP contribution is 2.25. The number of fused-ring (bicyclic) bond motifs is 1. The van der Waals surface area contributed by atoms with Crippen LogP contribution >= 0.6 is 0 Å². The summed E-state index contributed by atoms with van der Waals surface area (Å²) in [4.78, 5) is 28.9. The number of aryl methyl sites for hydroxylation is 1. The first kappa shape index (κ1) is 20.6. The first-order chi connectivity index (χ1) is 14.6. The number of hydroxylamine groups is 1. The molecule has 1 saturated heterocycles. The van der Waals surface area contributed by atoms with Gasteiger partial charge in [0.25, 0.3) is 11.8 Å². The van der Waals surface area contributed by atoms with Crippen LogP contribution in [0.2, 0.25) is 0 Å². The lowest BCUT2D eigenvalue weighted by molar-refractivity contribution is 0.0321. The fraction of sp³-hybridized carbons (Fsp3) is 0.455. The zero-order valence-electron chi connectivity index (χ0n) is 17.3. The van der Waals surface area contributed by atoms with Crippen molar-refractivity contribution >= 4 is 11.8 Å². The average molecular weight is 412 g/mol. The lowest BCUT2D eigenvalue weighted by atomic mass is 10.0. The van der Waals surface area contributed by atoms with Gasteiger partial charge in [0.15, 0.2) is 0 Å². The predicted octanol–water partition coefficient (Wildman–Crippen LogP) is 1.29. The second kappa shape index (κ2) is 8.99. The van der Waals surface area contributed by atoms with Gasteiger partial charge in [-0.15, -0.1) is 0 Å². The minimum absolute atomic E-state index is 0.121. The maximum atomic E-state index is 13.1. The van der Waals surface area contributed by atoms with Gasteiger partial charge in [0, 0.05) is 63.1 Å². The van der Waals surface area contributed by atoms with Crippen LogP contribution < -0.4 is 5.48 Å². The number of amides is 2. The summed E-state index contributed by atoms with van der Waals surface area (Å²) in [5.74, 6) is -0.408. The van der Waals surface area contributed by atoms with E-state index in [-0.39, 0.29) is 5.91 Å². The number of ether oxygens (including phenoxy) is 1. The van der Waals surface area contributed by atoms with E-state index in [4.69, 9.17) is 9.94 Å². The van der Waals surface area contributed by atoms with Gasteiger partial charge in [-0.2, -0.15) is 0 Å². The van der Waals surface area contributed by atoms with E-state index in [1.165, 1.54) is 0 Å². The molecule has 2 aromatic rings. The van der Waals surface area contributed by atoms with Crippen LogP contribution in [0, 0.1) is 6.92 Å². The molecule has 160 valence electrons. The van der Waals surface area contributed by atoms with E-state index in [0.29, 0.717) is 12.1 Å². The normalized spacial score (nSPS) is 17.1. The van der Waals surface area contributed by atoms with Crippen molar-refractivity contribution in [3.8, 4) is 0 Å². The number of nitrogens with zero attached hydrogens (tertiary/aromatic N) is 3. The van der Waals surface area contributed by atoms with Gasteiger partial charge < -0.3 is 14.2 Å². The molecule has 8 heteroatoms. The summed E-state index contributed by atoms with van der Waals surface area (Å²) >= 11 is 0. The van der Waals surface area contributed by atoms with Crippen molar-refractivity contribution in [2.45, 2.75) is 19.9 Å². The molecule has 2 amide bonds. The third-order valence-corrected chi connectivity index (χ3v) is 5.96. The number of hydrogen-bond acceptors (Lipinski definition) is 5. The molecule has 0 atom stereocenters. The summed E-state index contributed by atoms with van der Waals surface area (Å²) in [7, 11) is 0. The quantitative estimate of drug-likeness (QED) is 0.552. The molecule has 0 spiro atoms. The number of morpholine rings is 1. The monoisotopic (exact) mass is 412 g/mol. The molecule has 2 N–H and O–H groups in total. The first-order valence-electron chi connectivity index (χ1n) is 10.4. The van der Waals surface area contributed by atoms with Crippen molar-refractivity contribution in [2.24, 2.45) is 0 Å². The van der Waals surface area contributed by atoms with Gasteiger partial charge >= 0.3 is 0 Å². The number of carbonyl (C=O) groups excluding carboxylic acids is 2. The molecule has 0 bridgehead atoms. The van der Waals surface area contributed by atoms with E-state index >= 15 is 0 Å². The molecule has 2 aliphatic rings. The van der Waals surface area contributed by atoms with Crippen molar-refractivity contribution in [1.29, 1.82) is 0 Å². The number of hydrogen-bond donors (Lipinski definition) is 2. The zero-order chi connectivity index (χ0) is 21.1. The molecular weight excluding hydrogens is 384 g/mol. The molecule has 0 aliphatic carbocycles. The molecule has 0 saturated carbocycles. The number of rotatable bonds is 6. The molecule has 1 aromatic heterocycles. The van der Waals surface area contributed by atoms with Crippen molar-refractivity contribution in [3.63, 3.8) is 0 Å². The van der Waals surface area contributed by atoms with Crippen LogP contribution in [0.4, 0.5) is 0 Å². The molecular formula is C22H28N4O4. The second-order valence-corrected chi connectivity index (χ2v) is 7.90. The van der Waals surface area contributed by atoms with Crippen molar-refractivity contribution in [1.82, 2.24) is 19.8 Å². The van der Waals surface area contributed by atoms with Crippen molar-refractivity contribution in [3.05, 3.63) is 58.4 Å². The van der Waals surface area contributed by atoms with E-state index in [2.05, 4.69) is 9.47 Å². The third kappa shape index (κ3) is 4.26. The summed E-state index contributed by atoms with van der Waals surface area (Å²) < 4.78 is 7.54. The van der Waals surface area contributed by atoms with E-state index in [1.54, 1.807) is 17.6 Å². The summed E-state index contributed by atoms with van der Waals surface area (Å²) in [6, 6.07) is 7.10. The van der Waals surface area contributed by atoms with Crippen LogP contribution in [0.3, 0.4) is 0 Å². The summed E-state index contributed by atoms with van der Waals surface area (Å²) in [5.41, 5.74) is 5.99. The molecule has 3 heterocycles. The number of nitrogens with one attached hydrogen (secondary N) is 1. The lowest BCUT2D eigenvalue weighted by Gasteiger charge is -2.32. The average Bonchev–Trinajstić information content (AvgIpc) is 3.09. The minimum atomic E-state index is -0.529. The minimum Gasteiger partial charge on any atom is -0.379 e. The summed E-state index contributed by atoms with van der Waals surface area (Å²) in [6.45, 7) is 8.40. The van der Waals surface area contributed by atoms with E-state index in [9.17, 15) is 9.59 Å². The van der Waals surface area contributed by atoms with E-state index < -0.39 is 5.91 Å². The highest BCUT2D eigenvalue weighted by molar-refractivity contribution is 5.98. The molecule has 4 rings (SSSR count). The topological polar surface area (TPSA) is 87.0 Å². The Kier molecular flexibility index (Phi) is 6.17. The Bertz CT molecular complexity index is 916. The largest absolute Gasteiger partial charge is 0.379 e. The van der Waals surface area contributed by atoms with Crippen LogP contribution in [0.15, 0.2) is 30.5 Å². The highest BCUT2D eigenvalue weighted by Gasteiger charge is 2.29. The fourth-order valence-corrected chi connectivity index (χ4v) is 4.27. The molecule has 30 heavy (non-hydrogen) atoms. The smallest absolute Gasteiger partial charge is 0.274 e. The zero-order valence-corrected chi connectivity index (χ0v) is 17.3. The highest BCUT2D eigenvalue weighted by atomic mass is 16.5. The first-order valence-corrected chi connectivity index (χ1v) is 10.4. The maximum absolute atomic E-state index is 13.1. The summed E-state index contributed by atoms with van der Waals surface area (Å²) in [5, 5.41) is 8.74. The van der Waals surface area contributed by atoms with Gasteiger partial charge in [-0.25, -0.2) is 5.48 Å². The fourth-order valence-electron chi connectivity index (χ4n) is 4.27. The van der Waals surface area contributed by atoms with Crippen LogP contribution in [0.1, 0.15) is 37.5 Å². The van der Waals surface area contributed by atoms with Gasteiger partial charge in [0.1, 0.15) is 0 Å². The number of aromatic nitrogens is 1. The van der Waals surface area contributed by atoms with Crippen molar-refractivity contribution in [2.75, 3.05) is 45.9 Å². The molecule has 8 nitrogen and oxygen atoms in total. The van der Waals surface area contributed by atoms with Crippen LogP contribution in [0.5, 0.6) is 0 Å². The number of carbonyl (C=O) groups is 2. The van der Waals surface area contributed by atoms with Gasteiger partial charge in [0.05, 0.1) is 18.8 Å². The Morgan fingerprint density at radius 2 is 1.87 bits per heavy atom. The predicted molar refractivity (Wildman–Crippen MR) is 111 cm³/mol. The standard InChI is InChI=1S/C22H28N4O4/c1-16-14-26(15-17-2-4-18(5-3-17)21(27)23-29)19-6-7-25(22(28)20(16)19)9-8-24-10-12-30-13-11-24/h2-5,14,29H,6-13,15H2,1H3,(H,23,27). The van der Waals surface area contributed by atoms with E-state index in [1.807, 2.05) is 30.2 Å². The third-order valence-electron chi connectivity index (χ3n) is 5.96. The van der Waals surface area contributed by atoms with Crippen LogP contribution in [-0.2, 0) is 17.7 Å². The van der Waals surface area contributed by atoms with Gasteiger partial charge in [-0.3, -0.25) is 19.7 Å².